The fourth-order valence-corrected chi connectivity index (χ4v) is 1.98. The van der Waals surface area contributed by atoms with Crippen LogP contribution in [0.1, 0.15) is 10.4 Å². The molecule has 1 fully saturated rings. The van der Waals surface area contributed by atoms with Gasteiger partial charge in [-0.2, -0.15) is 0 Å². The van der Waals surface area contributed by atoms with Crippen molar-refractivity contribution in [1.29, 1.82) is 0 Å². The van der Waals surface area contributed by atoms with Crippen LogP contribution in [0, 0.1) is 0 Å². The van der Waals surface area contributed by atoms with Gasteiger partial charge in [-0.3, -0.25) is 0 Å². The van der Waals surface area contributed by atoms with Crippen molar-refractivity contribution >= 4 is 5.97 Å². The van der Waals surface area contributed by atoms with Crippen LogP contribution in [0.25, 0.3) is 0 Å². The topological polar surface area (TPSA) is 157 Å². The largest absolute Gasteiger partial charge is 0.504 e. The molecule has 0 saturated carbocycles. The molecule has 1 aliphatic heterocycles. The number of benzene rings is 1. The van der Waals surface area contributed by atoms with Gasteiger partial charge in [0.05, 0.1) is 12.2 Å². The zero-order valence-electron chi connectivity index (χ0n) is 11.3. The number of ether oxygens (including phenoxy) is 2. The molecular formula is C13H16O9. The Labute approximate surface area is 124 Å². The van der Waals surface area contributed by atoms with E-state index >= 15 is 0 Å². The number of aliphatic hydroxyl groups excluding tert-OH is 3. The molecule has 2 rings (SSSR count). The molecule has 1 saturated heterocycles. The van der Waals surface area contributed by atoms with Crippen molar-refractivity contribution in [2.45, 2.75) is 24.4 Å². The molecule has 0 bridgehead atoms. The van der Waals surface area contributed by atoms with E-state index in [4.69, 9.17) is 9.47 Å². The first kappa shape index (κ1) is 16.3. The SMILES string of the molecule is O=C(OC[C@H]1OC[C@@H](O)[C@@H](O)[C@@H]1O)c1cc(O)c(O)c(O)c1. The summed E-state index contributed by atoms with van der Waals surface area (Å²) >= 11 is 0. The summed E-state index contributed by atoms with van der Waals surface area (Å²) in [5.74, 6) is -3.10. The fourth-order valence-electron chi connectivity index (χ4n) is 1.98. The lowest BCUT2D eigenvalue weighted by molar-refractivity contribution is -0.195. The second-order valence-corrected chi connectivity index (χ2v) is 4.88. The van der Waals surface area contributed by atoms with Crippen molar-refractivity contribution in [3.63, 3.8) is 0 Å². The average Bonchev–Trinajstić information content (AvgIpc) is 2.48. The van der Waals surface area contributed by atoms with Crippen LogP contribution >= 0.6 is 0 Å². The molecule has 4 atom stereocenters. The van der Waals surface area contributed by atoms with Gasteiger partial charge in [-0.05, 0) is 12.1 Å². The summed E-state index contributed by atoms with van der Waals surface area (Å²) in [6.45, 7) is -0.632. The lowest BCUT2D eigenvalue weighted by atomic mass is 10.0. The first-order chi connectivity index (χ1) is 10.3. The molecule has 0 aliphatic carbocycles. The first-order valence-corrected chi connectivity index (χ1v) is 6.39. The summed E-state index contributed by atoms with van der Waals surface area (Å²) < 4.78 is 9.90. The van der Waals surface area contributed by atoms with Crippen LogP contribution in [0.2, 0.25) is 0 Å². The van der Waals surface area contributed by atoms with Gasteiger partial charge in [0.2, 0.25) is 0 Å². The van der Waals surface area contributed by atoms with E-state index in [2.05, 4.69) is 0 Å². The third kappa shape index (κ3) is 3.22. The zero-order chi connectivity index (χ0) is 16.4. The molecule has 6 N–H and O–H groups in total. The van der Waals surface area contributed by atoms with E-state index in [0.717, 1.165) is 12.1 Å². The highest BCUT2D eigenvalue weighted by Gasteiger charge is 2.38. The monoisotopic (exact) mass is 316 g/mol. The molecule has 122 valence electrons. The number of aromatic hydroxyl groups is 3. The Kier molecular flexibility index (Phi) is 4.71. The van der Waals surface area contributed by atoms with E-state index in [9.17, 15) is 35.4 Å². The number of aliphatic hydroxyl groups is 3. The molecule has 22 heavy (non-hydrogen) atoms. The number of rotatable bonds is 3. The number of carbonyl (C=O) groups excluding carboxylic acids is 1. The zero-order valence-corrected chi connectivity index (χ0v) is 11.3. The van der Waals surface area contributed by atoms with Crippen molar-refractivity contribution in [1.82, 2.24) is 0 Å². The molecule has 9 heteroatoms. The van der Waals surface area contributed by atoms with E-state index < -0.39 is 54.2 Å². The van der Waals surface area contributed by atoms with Gasteiger partial charge in [0.25, 0.3) is 0 Å². The highest BCUT2D eigenvalue weighted by atomic mass is 16.6. The van der Waals surface area contributed by atoms with Gasteiger partial charge in [-0.15, -0.1) is 0 Å². The molecule has 0 radical (unpaired) electrons. The number of carbonyl (C=O) groups is 1. The second kappa shape index (κ2) is 6.36. The van der Waals surface area contributed by atoms with E-state index in [1.807, 2.05) is 0 Å². The summed E-state index contributed by atoms with van der Waals surface area (Å²) in [6.07, 6.45) is -5.10. The number of hydrogen-bond donors (Lipinski definition) is 6. The third-order valence-corrected chi connectivity index (χ3v) is 3.29. The van der Waals surface area contributed by atoms with Crippen LogP contribution in [0.3, 0.4) is 0 Å². The van der Waals surface area contributed by atoms with Crippen molar-refractivity contribution in [3.05, 3.63) is 17.7 Å². The van der Waals surface area contributed by atoms with Crippen molar-refractivity contribution in [3.8, 4) is 17.2 Å². The Morgan fingerprint density at radius 3 is 2.32 bits per heavy atom. The van der Waals surface area contributed by atoms with Gasteiger partial charge in [0, 0.05) is 0 Å². The van der Waals surface area contributed by atoms with Gasteiger partial charge in [0.15, 0.2) is 17.2 Å². The molecule has 0 aromatic heterocycles. The van der Waals surface area contributed by atoms with Gasteiger partial charge in [-0.1, -0.05) is 0 Å². The summed E-state index contributed by atoms with van der Waals surface area (Å²) in [4.78, 5) is 11.8. The van der Waals surface area contributed by atoms with Crippen molar-refractivity contribution < 1.29 is 44.9 Å². The third-order valence-electron chi connectivity index (χ3n) is 3.29. The number of esters is 1. The van der Waals surface area contributed by atoms with Crippen LogP contribution < -0.4 is 0 Å². The minimum absolute atomic E-state index is 0.221. The lowest BCUT2D eigenvalue weighted by Crippen LogP contribution is -2.54. The maximum Gasteiger partial charge on any atom is 0.338 e. The predicted octanol–water partition coefficient (Wildman–Crippen LogP) is -1.56. The summed E-state index contributed by atoms with van der Waals surface area (Å²) in [5.41, 5.74) is -0.223. The Hall–Kier alpha value is -2.07. The smallest absolute Gasteiger partial charge is 0.338 e. The Morgan fingerprint density at radius 1 is 1.14 bits per heavy atom. The predicted molar refractivity (Wildman–Crippen MR) is 69.5 cm³/mol. The Morgan fingerprint density at radius 2 is 1.73 bits per heavy atom. The van der Waals surface area contributed by atoms with E-state index in [1.54, 1.807) is 0 Å². The van der Waals surface area contributed by atoms with E-state index in [0.29, 0.717) is 0 Å². The van der Waals surface area contributed by atoms with Crippen LogP contribution in [0.4, 0.5) is 0 Å². The van der Waals surface area contributed by atoms with E-state index in [-0.39, 0.29) is 12.2 Å². The average molecular weight is 316 g/mol. The van der Waals surface area contributed by atoms with Gasteiger partial charge in [0.1, 0.15) is 31.0 Å². The van der Waals surface area contributed by atoms with Crippen molar-refractivity contribution in [2.75, 3.05) is 13.2 Å². The minimum Gasteiger partial charge on any atom is -0.504 e. The maximum absolute atomic E-state index is 11.8. The molecule has 1 aromatic carbocycles. The van der Waals surface area contributed by atoms with Crippen LogP contribution in [0.15, 0.2) is 12.1 Å². The molecule has 0 amide bonds. The Balaban J connectivity index is 1.98. The molecule has 9 nitrogen and oxygen atoms in total. The van der Waals surface area contributed by atoms with Crippen LogP contribution in [-0.4, -0.2) is 74.2 Å². The molecule has 1 heterocycles. The van der Waals surface area contributed by atoms with Crippen LogP contribution in [0.5, 0.6) is 17.2 Å². The molecule has 1 aromatic rings. The van der Waals surface area contributed by atoms with Gasteiger partial charge >= 0.3 is 5.97 Å². The highest BCUT2D eigenvalue weighted by Crippen LogP contribution is 2.35. The normalized spacial score (nSPS) is 28.3. The van der Waals surface area contributed by atoms with Crippen molar-refractivity contribution in [2.24, 2.45) is 0 Å². The molecule has 1 aliphatic rings. The quantitative estimate of drug-likeness (QED) is 0.286. The van der Waals surface area contributed by atoms with E-state index in [1.165, 1.54) is 0 Å². The molecular weight excluding hydrogens is 300 g/mol. The summed E-state index contributed by atoms with van der Waals surface area (Å²) in [6, 6.07) is 1.79. The number of hydrogen-bond acceptors (Lipinski definition) is 9. The second-order valence-electron chi connectivity index (χ2n) is 4.88. The summed E-state index contributed by atoms with van der Waals surface area (Å²) in [5, 5.41) is 56.2. The standard InChI is InChI=1S/C13H16O9/c14-6-1-5(2-7(15)10(6)17)13(20)22-4-9-12(19)11(18)8(16)3-21-9/h1-2,8-9,11-12,14-19H,3-4H2/t8-,9-,11-,12-/m1/s1. The van der Waals surface area contributed by atoms with Gasteiger partial charge in [-0.25, -0.2) is 4.79 Å². The fraction of sp³-hybridized carbons (Fsp3) is 0.462. The number of phenols is 3. The molecule has 0 unspecified atom stereocenters. The summed E-state index contributed by atoms with van der Waals surface area (Å²) in [7, 11) is 0. The highest BCUT2D eigenvalue weighted by molar-refractivity contribution is 5.91. The Bertz CT molecular complexity index is 535. The lowest BCUT2D eigenvalue weighted by Gasteiger charge is -2.34. The van der Waals surface area contributed by atoms with Gasteiger partial charge < -0.3 is 40.1 Å². The van der Waals surface area contributed by atoms with Crippen LogP contribution in [-0.2, 0) is 9.47 Å². The number of phenolic OH excluding ortho intramolecular Hbond substituents is 3. The first-order valence-electron chi connectivity index (χ1n) is 6.39. The molecule has 0 spiro atoms. The minimum atomic E-state index is -1.43. The maximum atomic E-state index is 11.8.